The van der Waals surface area contributed by atoms with Gasteiger partial charge in [-0.15, -0.1) is 0 Å². The Hall–Kier alpha value is 0.440. The van der Waals surface area contributed by atoms with E-state index in [4.69, 9.17) is 0 Å². The molecule has 1 fully saturated rings. The molecule has 9 heavy (non-hydrogen) atoms. The first-order valence-corrected chi connectivity index (χ1v) is 4.71. The van der Waals surface area contributed by atoms with Gasteiger partial charge in [-0.1, -0.05) is 22.4 Å². The Morgan fingerprint density at radius 1 is 1.44 bits per heavy atom. The normalized spacial score (nSPS) is 35.3. The van der Waals surface area contributed by atoms with Crippen molar-refractivity contribution in [1.82, 2.24) is 0 Å². The zero-order valence-electron chi connectivity index (χ0n) is 5.52. The minimum Gasteiger partial charge on any atom is -0.393 e. The van der Waals surface area contributed by atoms with Crippen molar-refractivity contribution >= 4 is 15.9 Å². The van der Waals surface area contributed by atoms with Crippen LogP contribution in [0.5, 0.6) is 0 Å². The van der Waals surface area contributed by atoms with E-state index in [0.717, 1.165) is 18.2 Å². The topological polar surface area (TPSA) is 20.2 Å². The maximum absolute atomic E-state index is 9.30. The summed E-state index contributed by atoms with van der Waals surface area (Å²) in [7, 11) is 0. The van der Waals surface area contributed by atoms with E-state index in [1.165, 1.54) is 12.8 Å². The third kappa shape index (κ3) is 1.94. The largest absolute Gasteiger partial charge is 0.393 e. The molecule has 1 aliphatic rings. The van der Waals surface area contributed by atoms with Gasteiger partial charge in [0.15, 0.2) is 0 Å². The number of halogens is 1. The summed E-state index contributed by atoms with van der Waals surface area (Å²) in [5.74, 6) is 0.587. The highest BCUT2D eigenvalue weighted by atomic mass is 79.9. The van der Waals surface area contributed by atoms with Gasteiger partial charge in [0, 0.05) is 5.33 Å². The highest BCUT2D eigenvalue weighted by Crippen LogP contribution is 2.28. The average Bonchev–Trinajstić information content (AvgIpc) is 2.18. The van der Waals surface area contributed by atoms with Crippen LogP contribution in [0.3, 0.4) is 0 Å². The molecule has 0 aromatic carbocycles. The summed E-state index contributed by atoms with van der Waals surface area (Å²) in [4.78, 5) is 0. The van der Waals surface area contributed by atoms with Crippen LogP contribution in [0.1, 0.15) is 25.7 Å². The average molecular weight is 193 g/mol. The summed E-state index contributed by atoms with van der Waals surface area (Å²) in [6, 6.07) is 0. The molecule has 2 atom stereocenters. The van der Waals surface area contributed by atoms with Gasteiger partial charge in [0.2, 0.25) is 0 Å². The van der Waals surface area contributed by atoms with Crippen LogP contribution < -0.4 is 0 Å². The van der Waals surface area contributed by atoms with E-state index in [1.807, 2.05) is 0 Å². The van der Waals surface area contributed by atoms with Gasteiger partial charge in [-0.2, -0.15) is 0 Å². The number of aliphatic hydroxyl groups is 1. The second-order valence-electron chi connectivity index (χ2n) is 2.74. The van der Waals surface area contributed by atoms with Gasteiger partial charge in [-0.3, -0.25) is 0 Å². The first-order chi connectivity index (χ1) is 4.34. The molecular formula is C7H13BrO. The van der Waals surface area contributed by atoms with E-state index in [9.17, 15) is 5.11 Å². The first-order valence-electron chi connectivity index (χ1n) is 3.58. The van der Waals surface area contributed by atoms with Crippen molar-refractivity contribution in [2.45, 2.75) is 31.8 Å². The lowest BCUT2D eigenvalue weighted by Crippen LogP contribution is -2.12. The molecule has 0 amide bonds. The summed E-state index contributed by atoms with van der Waals surface area (Å²) in [5, 5.41) is 10.3. The highest BCUT2D eigenvalue weighted by molar-refractivity contribution is 9.09. The lowest BCUT2D eigenvalue weighted by atomic mass is 10.0. The minimum atomic E-state index is 0.00236. The van der Waals surface area contributed by atoms with E-state index in [2.05, 4.69) is 15.9 Å². The van der Waals surface area contributed by atoms with E-state index in [0.29, 0.717) is 5.92 Å². The van der Waals surface area contributed by atoms with Gasteiger partial charge in [0.25, 0.3) is 0 Å². The van der Waals surface area contributed by atoms with Crippen molar-refractivity contribution < 1.29 is 5.11 Å². The number of hydrogen-bond donors (Lipinski definition) is 1. The molecule has 54 valence electrons. The maximum atomic E-state index is 9.30. The molecule has 1 N–H and O–H groups in total. The molecule has 1 nitrogen and oxygen atoms in total. The predicted molar refractivity (Wildman–Crippen MR) is 41.8 cm³/mol. The molecule has 0 aromatic rings. The molecule has 2 unspecified atom stereocenters. The quantitative estimate of drug-likeness (QED) is 0.664. The SMILES string of the molecule is OC1CCCC1CCBr. The van der Waals surface area contributed by atoms with Gasteiger partial charge in [0.1, 0.15) is 0 Å². The zero-order chi connectivity index (χ0) is 6.69. The first kappa shape index (κ1) is 7.55. The van der Waals surface area contributed by atoms with Crippen LogP contribution >= 0.6 is 15.9 Å². The molecule has 0 spiro atoms. The van der Waals surface area contributed by atoms with E-state index >= 15 is 0 Å². The summed E-state index contributed by atoms with van der Waals surface area (Å²) in [6.07, 6.45) is 4.62. The Labute approximate surface area is 64.6 Å². The fourth-order valence-electron chi connectivity index (χ4n) is 1.49. The number of hydrogen-bond acceptors (Lipinski definition) is 1. The van der Waals surface area contributed by atoms with Crippen LogP contribution in [0.15, 0.2) is 0 Å². The Kier molecular flexibility index (Phi) is 2.99. The van der Waals surface area contributed by atoms with Crippen molar-refractivity contribution in [2.75, 3.05) is 5.33 Å². The molecule has 0 bridgehead atoms. The van der Waals surface area contributed by atoms with Crippen LogP contribution in [0.4, 0.5) is 0 Å². The Bertz CT molecular complexity index is 85.0. The van der Waals surface area contributed by atoms with Crippen molar-refractivity contribution in [1.29, 1.82) is 0 Å². The highest BCUT2D eigenvalue weighted by Gasteiger charge is 2.23. The lowest BCUT2D eigenvalue weighted by Gasteiger charge is -2.10. The van der Waals surface area contributed by atoms with E-state index in [1.54, 1.807) is 0 Å². The van der Waals surface area contributed by atoms with Crippen molar-refractivity contribution in [3.8, 4) is 0 Å². The van der Waals surface area contributed by atoms with Crippen LogP contribution in [-0.4, -0.2) is 16.5 Å². The number of rotatable bonds is 2. The van der Waals surface area contributed by atoms with Crippen LogP contribution in [0.2, 0.25) is 0 Å². The minimum absolute atomic E-state index is 0.00236. The molecule has 0 aliphatic heterocycles. The molecule has 1 saturated carbocycles. The van der Waals surface area contributed by atoms with E-state index in [-0.39, 0.29) is 6.10 Å². The van der Waals surface area contributed by atoms with Crippen molar-refractivity contribution in [3.05, 3.63) is 0 Å². The van der Waals surface area contributed by atoms with Crippen molar-refractivity contribution in [3.63, 3.8) is 0 Å². The fourth-order valence-corrected chi connectivity index (χ4v) is 2.08. The second kappa shape index (κ2) is 3.57. The molecule has 0 heterocycles. The predicted octanol–water partition coefficient (Wildman–Crippen LogP) is 1.93. The van der Waals surface area contributed by atoms with Crippen LogP contribution in [0.25, 0.3) is 0 Å². The fraction of sp³-hybridized carbons (Fsp3) is 1.00. The van der Waals surface area contributed by atoms with E-state index < -0.39 is 0 Å². The molecule has 0 aromatic heterocycles. The van der Waals surface area contributed by atoms with Gasteiger partial charge in [-0.25, -0.2) is 0 Å². The van der Waals surface area contributed by atoms with Gasteiger partial charge < -0.3 is 5.11 Å². The summed E-state index contributed by atoms with van der Waals surface area (Å²) >= 11 is 3.38. The molecule has 2 heteroatoms. The van der Waals surface area contributed by atoms with Crippen molar-refractivity contribution in [2.24, 2.45) is 5.92 Å². The summed E-state index contributed by atoms with van der Waals surface area (Å²) < 4.78 is 0. The second-order valence-corrected chi connectivity index (χ2v) is 3.53. The van der Waals surface area contributed by atoms with Gasteiger partial charge >= 0.3 is 0 Å². The monoisotopic (exact) mass is 192 g/mol. The lowest BCUT2D eigenvalue weighted by molar-refractivity contribution is 0.131. The smallest absolute Gasteiger partial charge is 0.0568 e. The Morgan fingerprint density at radius 2 is 2.22 bits per heavy atom. The van der Waals surface area contributed by atoms with Gasteiger partial charge in [0.05, 0.1) is 6.10 Å². The maximum Gasteiger partial charge on any atom is 0.0568 e. The summed E-state index contributed by atoms with van der Waals surface area (Å²) in [5.41, 5.74) is 0. The number of aliphatic hydroxyl groups excluding tert-OH is 1. The number of alkyl halides is 1. The van der Waals surface area contributed by atoms with Crippen LogP contribution in [-0.2, 0) is 0 Å². The molecule has 0 radical (unpaired) electrons. The Balaban J connectivity index is 2.22. The zero-order valence-corrected chi connectivity index (χ0v) is 7.10. The molecule has 1 aliphatic carbocycles. The van der Waals surface area contributed by atoms with Gasteiger partial charge in [-0.05, 0) is 25.2 Å². The Morgan fingerprint density at radius 3 is 2.67 bits per heavy atom. The molecule has 1 rings (SSSR count). The molecular weight excluding hydrogens is 180 g/mol. The third-order valence-corrected chi connectivity index (χ3v) is 2.56. The summed E-state index contributed by atoms with van der Waals surface area (Å²) in [6.45, 7) is 0. The molecule has 0 saturated heterocycles. The third-order valence-electron chi connectivity index (χ3n) is 2.10. The standard InChI is InChI=1S/C7H13BrO/c8-5-4-6-2-1-3-7(6)9/h6-7,9H,1-5H2. The van der Waals surface area contributed by atoms with Crippen LogP contribution in [0, 0.1) is 5.92 Å².